The largest absolute Gasteiger partial charge is 0.497 e. The first-order valence-electron chi connectivity index (χ1n) is 7.91. The number of hydrogen-bond acceptors (Lipinski definition) is 5. The highest BCUT2D eigenvalue weighted by atomic mass is 35.5. The normalized spacial score (nSPS) is 10.2. The van der Waals surface area contributed by atoms with E-state index in [1.165, 1.54) is 0 Å². The monoisotopic (exact) mass is 368 g/mol. The van der Waals surface area contributed by atoms with Crippen molar-refractivity contribution in [3.05, 3.63) is 77.1 Å². The number of anilines is 2. The second-order valence-electron chi connectivity index (χ2n) is 5.43. The summed E-state index contributed by atoms with van der Waals surface area (Å²) in [6.07, 6.45) is 1.54. The molecule has 0 atom stereocenters. The lowest BCUT2D eigenvalue weighted by molar-refractivity contribution is 0.102. The van der Waals surface area contributed by atoms with E-state index in [0.717, 1.165) is 11.3 Å². The van der Waals surface area contributed by atoms with Gasteiger partial charge < -0.3 is 15.4 Å². The van der Waals surface area contributed by atoms with E-state index in [4.69, 9.17) is 16.3 Å². The Morgan fingerprint density at radius 1 is 1.08 bits per heavy atom. The number of hydrogen-bond donors (Lipinski definition) is 2. The first-order valence-corrected chi connectivity index (χ1v) is 8.28. The Balaban J connectivity index is 1.63. The Kier molecular flexibility index (Phi) is 5.66. The Morgan fingerprint density at radius 2 is 1.81 bits per heavy atom. The third-order valence-electron chi connectivity index (χ3n) is 3.60. The van der Waals surface area contributed by atoms with Gasteiger partial charge in [0, 0.05) is 23.5 Å². The minimum absolute atomic E-state index is 0.271. The molecule has 0 spiro atoms. The number of carbonyl (C=O) groups is 1. The lowest BCUT2D eigenvalue weighted by Crippen LogP contribution is -2.15. The van der Waals surface area contributed by atoms with Crippen LogP contribution in [0.5, 0.6) is 5.75 Å². The van der Waals surface area contributed by atoms with Crippen LogP contribution in [0.4, 0.5) is 11.6 Å². The molecule has 2 aromatic carbocycles. The maximum atomic E-state index is 12.3. The molecule has 0 saturated heterocycles. The highest BCUT2D eigenvalue weighted by molar-refractivity contribution is 6.30. The SMILES string of the molecule is COc1ccc(CNc2nccc(C(=O)Nc3ccc(Cl)cc3)n2)cc1. The Morgan fingerprint density at radius 3 is 2.50 bits per heavy atom. The zero-order valence-electron chi connectivity index (χ0n) is 14.1. The molecule has 0 saturated carbocycles. The average Bonchev–Trinajstić information content (AvgIpc) is 2.69. The molecule has 6 nitrogen and oxygen atoms in total. The van der Waals surface area contributed by atoms with Crippen molar-refractivity contribution in [2.24, 2.45) is 0 Å². The highest BCUT2D eigenvalue weighted by Gasteiger charge is 2.09. The minimum atomic E-state index is -0.317. The number of rotatable bonds is 6. The van der Waals surface area contributed by atoms with Gasteiger partial charge in [-0.1, -0.05) is 23.7 Å². The van der Waals surface area contributed by atoms with E-state index in [9.17, 15) is 4.79 Å². The predicted molar refractivity (Wildman–Crippen MR) is 102 cm³/mol. The van der Waals surface area contributed by atoms with Crippen molar-refractivity contribution in [2.45, 2.75) is 6.54 Å². The van der Waals surface area contributed by atoms with Crippen LogP contribution >= 0.6 is 11.6 Å². The second-order valence-corrected chi connectivity index (χ2v) is 5.86. The quantitative estimate of drug-likeness (QED) is 0.687. The number of aromatic nitrogens is 2. The van der Waals surface area contributed by atoms with Crippen LogP contribution in [-0.2, 0) is 6.54 Å². The van der Waals surface area contributed by atoms with Crippen molar-refractivity contribution in [1.82, 2.24) is 9.97 Å². The lowest BCUT2D eigenvalue weighted by atomic mass is 10.2. The Labute approximate surface area is 156 Å². The van der Waals surface area contributed by atoms with E-state index in [0.29, 0.717) is 23.2 Å². The third kappa shape index (κ3) is 4.70. The van der Waals surface area contributed by atoms with E-state index in [1.807, 2.05) is 24.3 Å². The molecule has 0 fully saturated rings. The molecule has 1 aromatic heterocycles. The molecule has 2 N–H and O–H groups in total. The fraction of sp³-hybridized carbons (Fsp3) is 0.105. The average molecular weight is 369 g/mol. The van der Waals surface area contributed by atoms with Gasteiger partial charge in [0.2, 0.25) is 5.95 Å². The van der Waals surface area contributed by atoms with Crippen LogP contribution in [0.3, 0.4) is 0 Å². The maximum Gasteiger partial charge on any atom is 0.274 e. The molecule has 0 bridgehead atoms. The summed E-state index contributed by atoms with van der Waals surface area (Å²) in [6, 6.07) is 16.1. The van der Waals surface area contributed by atoms with Crippen molar-refractivity contribution in [3.63, 3.8) is 0 Å². The molecule has 0 radical (unpaired) electrons. The van der Waals surface area contributed by atoms with Crippen molar-refractivity contribution in [2.75, 3.05) is 17.7 Å². The van der Waals surface area contributed by atoms with Crippen molar-refractivity contribution < 1.29 is 9.53 Å². The van der Waals surface area contributed by atoms with E-state index in [2.05, 4.69) is 20.6 Å². The van der Waals surface area contributed by atoms with E-state index < -0.39 is 0 Å². The molecular weight excluding hydrogens is 352 g/mol. The van der Waals surface area contributed by atoms with Crippen molar-refractivity contribution in [3.8, 4) is 5.75 Å². The van der Waals surface area contributed by atoms with Crippen LogP contribution in [-0.4, -0.2) is 23.0 Å². The molecule has 132 valence electrons. The predicted octanol–water partition coefficient (Wildman–Crippen LogP) is 4.00. The van der Waals surface area contributed by atoms with E-state index >= 15 is 0 Å². The van der Waals surface area contributed by atoms with Gasteiger partial charge in [-0.25, -0.2) is 9.97 Å². The number of amides is 1. The fourth-order valence-electron chi connectivity index (χ4n) is 2.22. The molecule has 7 heteroatoms. The van der Waals surface area contributed by atoms with Gasteiger partial charge in [0.05, 0.1) is 7.11 Å². The molecule has 1 amide bonds. The first kappa shape index (κ1) is 17.7. The zero-order chi connectivity index (χ0) is 18.4. The Hall–Kier alpha value is -3.12. The molecule has 0 aliphatic heterocycles. The summed E-state index contributed by atoms with van der Waals surface area (Å²) in [6.45, 7) is 0.534. The van der Waals surface area contributed by atoms with Gasteiger partial charge in [0.15, 0.2) is 0 Å². The number of ether oxygens (including phenoxy) is 1. The van der Waals surface area contributed by atoms with Gasteiger partial charge in [-0.15, -0.1) is 0 Å². The molecule has 0 aliphatic carbocycles. The van der Waals surface area contributed by atoms with Crippen LogP contribution in [0, 0.1) is 0 Å². The maximum absolute atomic E-state index is 12.3. The molecular formula is C19H17ClN4O2. The fourth-order valence-corrected chi connectivity index (χ4v) is 2.35. The first-order chi connectivity index (χ1) is 12.6. The molecule has 26 heavy (non-hydrogen) atoms. The van der Waals surface area contributed by atoms with Gasteiger partial charge in [-0.2, -0.15) is 0 Å². The van der Waals surface area contributed by atoms with Crippen LogP contribution in [0.2, 0.25) is 5.02 Å². The van der Waals surface area contributed by atoms with Crippen LogP contribution in [0.1, 0.15) is 16.1 Å². The minimum Gasteiger partial charge on any atom is -0.497 e. The zero-order valence-corrected chi connectivity index (χ0v) is 14.8. The number of carbonyl (C=O) groups excluding carboxylic acids is 1. The second kappa shape index (κ2) is 8.31. The summed E-state index contributed by atoms with van der Waals surface area (Å²) in [4.78, 5) is 20.7. The third-order valence-corrected chi connectivity index (χ3v) is 3.85. The van der Waals surface area contributed by atoms with E-state index in [-0.39, 0.29) is 11.6 Å². The summed E-state index contributed by atoms with van der Waals surface area (Å²) >= 11 is 5.84. The Bertz CT molecular complexity index is 883. The number of halogens is 1. The number of benzene rings is 2. The van der Waals surface area contributed by atoms with Gasteiger partial charge in [-0.05, 0) is 48.0 Å². The van der Waals surface area contributed by atoms with Crippen LogP contribution in [0.25, 0.3) is 0 Å². The lowest BCUT2D eigenvalue weighted by Gasteiger charge is -2.08. The van der Waals surface area contributed by atoms with Gasteiger partial charge >= 0.3 is 0 Å². The summed E-state index contributed by atoms with van der Waals surface area (Å²) in [5.41, 5.74) is 1.96. The number of nitrogens with zero attached hydrogens (tertiary/aromatic N) is 2. The van der Waals surface area contributed by atoms with Crippen molar-refractivity contribution >= 4 is 29.1 Å². The molecule has 3 rings (SSSR count). The number of methoxy groups -OCH3 is 1. The molecule has 0 unspecified atom stereocenters. The van der Waals surface area contributed by atoms with Gasteiger partial charge in [0.1, 0.15) is 11.4 Å². The van der Waals surface area contributed by atoms with Gasteiger partial charge in [0.25, 0.3) is 5.91 Å². The topological polar surface area (TPSA) is 76.1 Å². The summed E-state index contributed by atoms with van der Waals surface area (Å²) in [5.74, 6) is 0.859. The van der Waals surface area contributed by atoms with Gasteiger partial charge in [-0.3, -0.25) is 4.79 Å². The molecule has 3 aromatic rings. The smallest absolute Gasteiger partial charge is 0.274 e. The van der Waals surface area contributed by atoms with E-state index in [1.54, 1.807) is 43.6 Å². The standard InChI is InChI=1S/C19H17ClN4O2/c1-26-16-8-2-13(3-9-16)12-22-19-21-11-10-17(24-19)18(25)23-15-6-4-14(20)5-7-15/h2-11H,12H2,1H3,(H,23,25)(H,21,22,24). The van der Waals surface area contributed by atoms with Crippen LogP contribution < -0.4 is 15.4 Å². The molecule has 0 aliphatic rings. The van der Waals surface area contributed by atoms with Crippen molar-refractivity contribution in [1.29, 1.82) is 0 Å². The van der Waals surface area contributed by atoms with Crippen LogP contribution in [0.15, 0.2) is 60.8 Å². The molecule has 1 heterocycles. The highest BCUT2D eigenvalue weighted by Crippen LogP contribution is 2.15. The summed E-state index contributed by atoms with van der Waals surface area (Å²) in [7, 11) is 1.63. The summed E-state index contributed by atoms with van der Waals surface area (Å²) < 4.78 is 5.13. The summed E-state index contributed by atoms with van der Waals surface area (Å²) in [5, 5.41) is 6.48. The number of nitrogens with one attached hydrogen (secondary N) is 2.